The molecule has 0 spiro atoms. The molecule has 1 saturated carbocycles. The van der Waals surface area contributed by atoms with Crippen LogP contribution < -0.4 is 10.5 Å². The van der Waals surface area contributed by atoms with Gasteiger partial charge < -0.3 is 15.5 Å². The molecule has 1 fully saturated rings. The number of nitrogens with two attached hydrogens (primary N) is 1. The van der Waals surface area contributed by atoms with E-state index in [1.165, 1.54) is 23.8 Å². The molecule has 1 aliphatic carbocycles. The van der Waals surface area contributed by atoms with Crippen LogP contribution >= 0.6 is 0 Å². The fourth-order valence-corrected chi connectivity index (χ4v) is 2.39. The molecule has 0 bridgehead atoms. The van der Waals surface area contributed by atoms with Gasteiger partial charge in [-0.2, -0.15) is 0 Å². The molecular weight excluding hydrogens is 212 g/mol. The van der Waals surface area contributed by atoms with Crippen LogP contribution in [-0.4, -0.2) is 12.1 Å². The number of aromatic nitrogens is 1. The van der Waals surface area contributed by atoms with Crippen molar-refractivity contribution in [2.24, 2.45) is 11.7 Å². The number of hydrogen-bond acceptors (Lipinski definition) is 2. The van der Waals surface area contributed by atoms with Crippen molar-refractivity contribution in [3.8, 4) is 5.75 Å². The predicted molar refractivity (Wildman–Crippen MR) is 69.1 cm³/mol. The third kappa shape index (κ3) is 2.03. The molecule has 3 heteroatoms. The molecule has 0 saturated heterocycles. The van der Waals surface area contributed by atoms with E-state index < -0.39 is 0 Å². The van der Waals surface area contributed by atoms with Gasteiger partial charge in [0.2, 0.25) is 0 Å². The number of rotatable bonds is 4. The predicted octanol–water partition coefficient (Wildman–Crippen LogP) is 2.98. The van der Waals surface area contributed by atoms with Crippen LogP contribution in [0.15, 0.2) is 24.4 Å². The van der Waals surface area contributed by atoms with Gasteiger partial charge in [0, 0.05) is 23.1 Å². The summed E-state index contributed by atoms with van der Waals surface area (Å²) in [5, 5.41) is 1.19. The summed E-state index contributed by atoms with van der Waals surface area (Å²) in [7, 11) is 1.69. The molecule has 1 atom stereocenters. The largest absolute Gasteiger partial charge is 0.497 e. The SMILES string of the molecule is COc1ccc2[nH]cc([C@H](N)CC3CC3)c2c1. The molecule has 1 heterocycles. The lowest BCUT2D eigenvalue weighted by atomic mass is 10.0. The van der Waals surface area contributed by atoms with Gasteiger partial charge in [-0.05, 0) is 36.1 Å². The highest BCUT2D eigenvalue weighted by molar-refractivity contribution is 5.85. The van der Waals surface area contributed by atoms with Crippen LogP contribution in [0.25, 0.3) is 10.9 Å². The molecule has 17 heavy (non-hydrogen) atoms. The molecule has 3 N–H and O–H groups in total. The molecular formula is C14H18N2O. The van der Waals surface area contributed by atoms with E-state index in [0.717, 1.165) is 23.6 Å². The number of nitrogens with one attached hydrogen (secondary N) is 1. The van der Waals surface area contributed by atoms with E-state index in [4.69, 9.17) is 10.5 Å². The number of methoxy groups -OCH3 is 1. The highest BCUT2D eigenvalue weighted by Gasteiger charge is 2.25. The Balaban J connectivity index is 1.96. The Bertz CT molecular complexity index is 528. The van der Waals surface area contributed by atoms with Gasteiger partial charge in [0.05, 0.1) is 7.11 Å². The van der Waals surface area contributed by atoms with Gasteiger partial charge in [0.25, 0.3) is 0 Å². The minimum Gasteiger partial charge on any atom is -0.497 e. The standard InChI is InChI=1S/C14H18N2O/c1-17-10-4-5-14-11(7-10)12(8-16-14)13(15)6-9-2-3-9/h4-5,7-9,13,16H,2-3,6,15H2,1H3/t13-/m1/s1. The van der Waals surface area contributed by atoms with Crippen molar-refractivity contribution < 1.29 is 4.74 Å². The highest BCUT2D eigenvalue weighted by Crippen LogP contribution is 2.38. The summed E-state index contributed by atoms with van der Waals surface area (Å²) in [4.78, 5) is 3.28. The summed E-state index contributed by atoms with van der Waals surface area (Å²) in [5.41, 5.74) is 8.62. The average molecular weight is 230 g/mol. The fourth-order valence-electron chi connectivity index (χ4n) is 2.39. The van der Waals surface area contributed by atoms with Crippen LogP contribution in [0.3, 0.4) is 0 Å². The van der Waals surface area contributed by atoms with Crippen LogP contribution in [-0.2, 0) is 0 Å². The second kappa shape index (κ2) is 4.08. The Kier molecular flexibility index (Phi) is 2.56. The van der Waals surface area contributed by atoms with Crippen molar-refractivity contribution in [1.82, 2.24) is 4.98 Å². The highest BCUT2D eigenvalue weighted by atomic mass is 16.5. The lowest BCUT2D eigenvalue weighted by Gasteiger charge is -2.10. The van der Waals surface area contributed by atoms with E-state index in [-0.39, 0.29) is 6.04 Å². The van der Waals surface area contributed by atoms with Crippen molar-refractivity contribution in [3.63, 3.8) is 0 Å². The molecule has 90 valence electrons. The molecule has 0 aliphatic heterocycles. The fraction of sp³-hybridized carbons (Fsp3) is 0.429. The quantitative estimate of drug-likeness (QED) is 0.848. The minimum absolute atomic E-state index is 0.142. The number of benzene rings is 1. The third-order valence-electron chi connectivity index (χ3n) is 3.60. The Morgan fingerprint density at radius 2 is 2.29 bits per heavy atom. The summed E-state index contributed by atoms with van der Waals surface area (Å²) in [6, 6.07) is 6.22. The smallest absolute Gasteiger partial charge is 0.119 e. The zero-order valence-electron chi connectivity index (χ0n) is 10.1. The monoisotopic (exact) mass is 230 g/mol. The second-order valence-corrected chi connectivity index (χ2v) is 4.94. The number of ether oxygens (including phenoxy) is 1. The summed E-state index contributed by atoms with van der Waals surface area (Å²) < 4.78 is 5.27. The third-order valence-corrected chi connectivity index (χ3v) is 3.60. The van der Waals surface area contributed by atoms with Crippen molar-refractivity contribution in [2.45, 2.75) is 25.3 Å². The first kappa shape index (κ1) is 10.7. The van der Waals surface area contributed by atoms with E-state index >= 15 is 0 Å². The summed E-state index contributed by atoms with van der Waals surface area (Å²) >= 11 is 0. The van der Waals surface area contributed by atoms with Crippen molar-refractivity contribution in [3.05, 3.63) is 30.0 Å². The molecule has 1 aromatic heterocycles. The van der Waals surface area contributed by atoms with Crippen LogP contribution in [0.5, 0.6) is 5.75 Å². The molecule has 0 radical (unpaired) electrons. The Labute approximate surface area is 101 Å². The van der Waals surface area contributed by atoms with Crippen molar-refractivity contribution in [1.29, 1.82) is 0 Å². The van der Waals surface area contributed by atoms with Gasteiger partial charge in [-0.3, -0.25) is 0 Å². The van der Waals surface area contributed by atoms with Crippen molar-refractivity contribution >= 4 is 10.9 Å². The zero-order chi connectivity index (χ0) is 11.8. The van der Waals surface area contributed by atoms with Gasteiger partial charge in [0.1, 0.15) is 5.75 Å². The average Bonchev–Trinajstić information content (AvgIpc) is 3.05. The van der Waals surface area contributed by atoms with Crippen LogP contribution in [0.1, 0.15) is 30.9 Å². The molecule has 0 amide bonds. The molecule has 3 rings (SSSR count). The Morgan fingerprint density at radius 3 is 3.00 bits per heavy atom. The van der Waals surface area contributed by atoms with Crippen molar-refractivity contribution in [2.75, 3.05) is 7.11 Å². The minimum atomic E-state index is 0.142. The molecule has 1 aliphatic rings. The maximum absolute atomic E-state index is 6.28. The maximum atomic E-state index is 6.28. The summed E-state index contributed by atoms with van der Waals surface area (Å²) in [6.45, 7) is 0. The maximum Gasteiger partial charge on any atom is 0.119 e. The Hall–Kier alpha value is -1.48. The van der Waals surface area contributed by atoms with Crippen LogP contribution in [0.4, 0.5) is 0 Å². The van der Waals surface area contributed by atoms with Gasteiger partial charge >= 0.3 is 0 Å². The molecule has 1 aromatic carbocycles. The first-order chi connectivity index (χ1) is 8.28. The number of H-pyrrole nitrogens is 1. The first-order valence-corrected chi connectivity index (χ1v) is 6.18. The number of fused-ring (bicyclic) bond motifs is 1. The Morgan fingerprint density at radius 1 is 1.47 bits per heavy atom. The van der Waals surface area contributed by atoms with E-state index in [1.54, 1.807) is 7.11 Å². The van der Waals surface area contributed by atoms with E-state index in [2.05, 4.69) is 11.1 Å². The lowest BCUT2D eigenvalue weighted by molar-refractivity contribution is 0.415. The van der Waals surface area contributed by atoms with Gasteiger partial charge in [-0.25, -0.2) is 0 Å². The van der Waals surface area contributed by atoms with Crippen LogP contribution in [0.2, 0.25) is 0 Å². The second-order valence-electron chi connectivity index (χ2n) is 4.94. The molecule has 2 aromatic rings. The van der Waals surface area contributed by atoms with Gasteiger partial charge in [0.15, 0.2) is 0 Å². The molecule has 0 unspecified atom stereocenters. The van der Waals surface area contributed by atoms with E-state index in [0.29, 0.717) is 0 Å². The van der Waals surface area contributed by atoms with Crippen LogP contribution in [0, 0.1) is 5.92 Å². The lowest BCUT2D eigenvalue weighted by Crippen LogP contribution is -2.10. The first-order valence-electron chi connectivity index (χ1n) is 6.18. The summed E-state index contributed by atoms with van der Waals surface area (Å²) in [5.74, 6) is 1.73. The zero-order valence-corrected chi connectivity index (χ0v) is 10.1. The topological polar surface area (TPSA) is 51.0 Å². The number of hydrogen-bond donors (Lipinski definition) is 2. The summed E-state index contributed by atoms with van der Waals surface area (Å²) in [6.07, 6.45) is 5.83. The number of aromatic amines is 1. The van der Waals surface area contributed by atoms with Gasteiger partial charge in [-0.1, -0.05) is 12.8 Å². The van der Waals surface area contributed by atoms with Gasteiger partial charge in [-0.15, -0.1) is 0 Å². The van der Waals surface area contributed by atoms with E-state index in [1.807, 2.05) is 18.3 Å². The van der Waals surface area contributed by atoms with E-state index in [9.17, 15) is 0 Å². The normalized spacial score (nSPS) is 17.3. The molecule has 3 nitrogen and oxygen atoms in total.